The molecular weight excluding hydrogens is 394 g/mol. The molecule has 3 heterocycles. The van der Waals surface area contributed by atoms with Crippen LogP contribution in [0.2, 0.25) is 0 Å². The summed E-state index contributed by atoms with van der Waals surface area (Å²) in [6.07, 6.45) is 1.77. The largest absolute Gasteiger partial charge is 0.439 e. The Bertz CT molecular complexity index is 1550. The number of benzene rings is 3. The average Bonchev–Trinajstić information content (AvgIpc) is 3.23. The number of aromatic amines is 1. The zero-order chi connectivity index (χ0) is 21.3. The molecule has 0 saturated heterocycles. The number of fused-ring (bicyclic) bond motifs is 3. The van der Waals surface area contributed by atoms with Crippen LogP contribution in [0.4, 0.5) is 0 Å². The van der Waals surface area contributed by atoms with E-state index in [1.165, 1.54) is 5.39 Å². The van der Waals surface area contributed by atoms with Gasteiger partial charge >= 0.3 is 0 Å². The van der Waals surface area contributed by atoms with Crippen molar-refractivity contribution in [3.8, 4) is 34.0 Å². The van der Waals surface area contributed by atoms with Gasteiger partial charge in [0.1, 0.15) is 11.4 Å². The molecule has 0 aliphatic heterocycles. The van der Waals surface area contributed by atoms with Gasteiger partial charge in [0.25, 0.3) is 0 Å². The van der Waals surface area contributed by atoms with Gasteiger partial charge in [-0.15, -0.1) is 0 Å². The van der Waals surface area contributed by atoms with Crippen molar-refractivity contribution in [1.82, 2.24) is 15.0 Å². The molecule has 4 heteroatoms. The fourth-order valence-corrected chi connectivity index (χ4v) is 4.00. The lowest BCUT2D eigenvalue weighted by Gasteiger charge is -2.08. The number of para-hydroxylation sites is 1. The first-order valence-electron chi connectivity index (χ1n) is 10.5. The summed E-state index contributed by atoms with van der Waals surface area (Å²) in [6.45, 7) is 0. The van der Waals surface area contributed by atoms with Crippen LogP contribution in [-0.2, 0) is 0 Å². The van der Waals surface area contributed by atoms with Crippen molar-refractivity contribution in [2.24, 2.45) is 0 Å². The highest BCUT2D eigenvalue weighted by molar-refractivity contribution is 6.06. The second-order valence-corrected chi connectivity index (χ2v) is 7.64. The Kier molecular flexibility index (Phi) is 4.40. The van der Waals surface area contributed by atoms with Gasteiger partial charge in [-0.1, -0.05) is 60.7 Å². The van der Waals surface area contributed by atoms with Gasteiger partial charge < -0.3 is 9.72 Å². The third kappa shape index (κ3) is 3.38. The van der Waals surface area contributed by atoms with Gasteiger partial charge in [0, 0.05) is 34.1 Å². The van der Waals surface area contributed by atoms with Crippen LogP contribution in [0.15, 0.2) is 109 Å². The molecule has 1 N–H and O–H groups in total. The lowest BCUT2D eigenvalue weighted by Crippen LogP contribution is -1.90. The van der Waals surface area contributed by atoms with Crippen LogP contribution in [0.3, 0.4) is 0 Å². The van der Waals surface area contributed by atoms with Crippen molar-refractivity contribution in [2.75, 3.05) is 0 Å². The van der Waals surface area contributed by atoms with Gasteiger partial charge in [0.05, 0.1) is 5.69 Å². The Morgan fingerprint density at radius 3 is 2.41 bits per heavy atom. The van der Waals surface area contributed by atoms with Crippen LogP contribution in [0.5, 0.6) is 11.6 Å². The van der Waals surface area contributed by atoms with E-state index in [2.05, 4.69) is 46.4 Å². The minimum Gasteiger partial charge on any atom is -0.439 e. The molecule has 6 rings (SSSR count). The number of nitrogens with one attached hydrogen (secondary N) is 1. The van der Waals surface area contributed by atoms with Crippen LogP contribution in [0.25, 0.3) is 44.3 Å². The Labute approximate surface area is 185 Å². The number of ether oxygens (including phenoxy) is 1. The van der Waals surface area contributed by atoms with Crippen LogP contribution in [0, 0.1) is 0 Å². The van der Waals surface area contributed by atoms with E-state index in [0.717, 1.165) is 44.7 Å². The molecule has 0 aliphatic carbocycles. The maximum atomic E-state index is 6.09. The van der Waals surface area contributed by atoms with Gasteiger partial charge in [-0.3, -0.25) is 0 Å². The Morgan fingerprint density at radius 2 is 1.47 bits per heavy atom. The van der Waals surface area contributed by atoms with E-state index >= 15 is 0 Å². The first kappa shape index (κ1) is 18.3. The van der Waals surface area contributed by atoms with Crippen LogP contribution in [-0.4, -0.2) is 15.0 Å². The second kappa shape index (κ2) is 7.67. The molecule has 0 aliphatic rings. The van der Waals surface area contributed by atoms with Gasteiger partial charge in [-0.25, -0.2) is 9.97 Å². The topological polar surface area (TPSA) is 50.8 Å². The van der Waals surface area contributed by atoms with E-state index in [9.17, 15) is 0 Å². The summed E-state index contributed by atoms with van der Waals surface area (Å²) in [5, 5.41) is 2.31. The minimum atomic E-state index is 0.558. The van der Waals surface area contributed by atoms with Gasteiger partial charge in [-0.05, 0) is 47.5 Å². The lowest BCUT2D eigenvalue weighted by atomic mass is 10.1. The molecule has 0 atom stereocenters. The Balaban J connectivity index is 1.32. The molecule has 0 spiro atoms. The molecule has 3 aromatic heterocycles. The molecule has 0 radical (unpaired) electrons. The summed E-state index contributed by atoms with van der Waals surface area (Å²) in [5.41, 5.74) is 6.05. The monoisotopic (exact) mass is 413 g/mol. The summed E-state index contributed by atoms with van der Waals surface area (Å²) in [4.78, 5) is 12.7. The van der Waals surface area contributed by atoms with Gasteiger partial charge in [0.15, 0.2) is 0 Å². The van der Waals surface area contributed by atoms with Crippen molar-refractivity contribution >= 4 is 21.9 Å². The standard InChI is InChI=1S/C28H19N3O/c1-2-7-19(8-3-1)20-15-16-29-27(18-20)32-22-10-6-9-21(17-22)25-14-13-24-23-11-4-5-12-26(23)31-28(24)30-25/h1-18H,(H,30,31). The van der Waals surface area contributed by atoms with Crippen LogP contribution in [0.1, 0.15) is 0 Å². The first-order valence-corrected chi connectivity index (χ1v) is 10.5. The van der Waals surface area contributed by atoms with Crippen molar-refractivity contribution in [3.05, 3.63) is 109 Å². The van der Waals surface area contributed by atoms with Crippen LogP contribution < -0.4 is 4.74 Å². The summed E-state index contributed by atoms with van der Waals surface area (Å²) >= 11 is 0. The SMILES string of the molecule is c1ccc(-c2ccnc(Oc3cccc(-c4ccc5c(n4)[nH]c4ccccc45)c3)c2)cc1. The molecule has 0 bridgehead atoms. The average molecular weight is 413 g/mol. The summed E-state index contributed by atoms with van der Waals surface area (Å²) in [6, 6.07) is 34.5. The van der Waals surface area contributed by atoms with E-state index in [4.69, 9.17) is 9.72 Å². The molecule has 0 fully saturated rings. The van der Waals surface area contributed by atoms with E-state index in [-0.39, 0.29) is 0 Å². The minimum absolute atomic E-state index is 0.558. The highest BCUT2D eigenvalue weighted by atomic mass is 16.5. The molecule has 0 saturated carbocycles. The number of rotatable bonds is 4. The zero-order valence-electron chi connectivity index (χ0n) is 17.2. The highest BCUT2D eigenvalue weighted by Crippen LogP contribution is 2.30. The first-order chi connectivity index (χ1) is 15.8. The highest BCUT2D eigenvalue weighted by Gasteiger charge is 2.09. The van der Waals surface area contributed by atoms with Crippen molar-refractivity contribution in [2.45, 2.75) is 0 Å². The molecule has 0 unspecified atom stereocenters. The maximum Gasteiger partial charge on any atom is 0.219 e. The molecule has 0 amide bonds. The van der Waals surface area contributed by atoms with Gasteiger partial charge in [-0.2, -0.15) is 0 Å². The van der Waals surface area contributed by atoms with E-state index in [1.54, 1.807) is 6.20 Å². The predicted octanol–water partition coefficient (Wildman–Crippen LogP) is 7.24. The number of hydrogen-bond donors (Lipinski definition) is 1. The number of hydrogen-bond acceptors (Lipinski definition) is 3. The smallest absolute Gasteiger partial charge is 0.219 e. The summed E-state index contributed by atoms with van der Waals surface area (Å²) in [5.74, 6) is 1.28. The quantitative estimate of drug-likeness (QED) is 0.331. The van der Waals surface area contributed by atoms with E-state index in [1.807, 2.05) is 66.7 Å². The second-order valence-electron chi connectivity index (χ2n) is 7.64. The van der Waals surface area contributed by atoms with E-state index < -0.39 is 0 Å². The van der Waals surface area contributed by atoms with E-state index in [0.29, 0.717) is 5.88 Å². The van der Waals surface area contributed by atoms with Gasteiger partial charge in [0.2, 0.25) is 5.88 Å². The predicted molar refractivity (Wildman–Crippen MR) is 129 cm³/mol. The van der Waals surface area contributed by atoms with Crippen molar-refractivity contribution < 1.29 is 4.74 Å². The zero-order valence-corrected chi connectivity index (χ0v) is 17.2. The molecule has 6 aromatic rings. The third-order valence-corrected chi connectivity index (χ3v) is 5.56. The van der Waals surface area contributed by atoms with Crippen molar-refractivity contribution in [3.63, 3.8) is 0 Å². The number of pyridine rings is 2. The number of nitrogens with zero attached hydrogens (tertiary/aromatic N) is 2. The molecular formula is C28H19N3O. The Morgan fingerprint density at radius 1 is 0.625 bits per heavy atom. The molecule has 3 aromatic carbocycles. The summed E-state index contributed by atoms with van der Waals surface area (Å²) in [7, 11) is 0. The normalized spacial score (nSPS) is 11.1. The fraction of sp³-hybridized carbons (Fsp3) is 0. The summed E-state index contributed by atoms with van der Waals surface area (Å²) < 4.78 is 6.09. The third-order valence-electron chi connectivity index (χ3n) is 5.56. The Hall–Kier alpha value is -4.44. The van der Waals surface area contributed by atoms with Crippen LogP contribution >= 0.6 is 0 Å². The fourth-order valence-electron chi connectivity index (χ4n) is 4.00. The lowest BCUT2D eigenvalue weighted by molar-refractivity contribution is 0.463. The maximum absolute atomic E-state index is 6.09. The molecule has 4 nitrogen and oxygen atoms in total. The van der Waals surface area contributed by atoms with Crippen molar-refractivity contribution in [1.29, 1.82) is 0 Å². The number of aromatic nitrogens is 3. The molecule has 152 valence electrons. The number of H-pyrrole nitrogens is 1. The molecule has 32 heavy (non-hydrogen) atoms.